The Kier molecular flexibility index (Phi) is 4.72. The third kappa shape index (κ3) is 3.35. The summed E-state index contributed by atoms with van der Waals surface area (Å²) in [4.78, 5) is 18.7. The van der Waals surface area contributed by atoms with E-state index in [4.69, 9.17) is 13.8 Å². The third-order valence-electron chi connectivity index (χ3n) is 4.85. The second kappa shape index (κ2) is 7.32. The van der Waals surface area contributed by atoms with E-state index < -0.39 is 5.97 Å². The maximum atomic E-state index is 11.9. The van der Waals surface area contributed by atoms with Gasteiger partial charge in [-0.15, -0.1) is 0 Å². The second-order valence-electron chi connectivity index (χ2n) is 6.51. The quantitative estimate of drug-likeness (QED) is 0.634. The number of carbonyl (C=O) groups is 1. The van der Waals surface area contributed by atoms with Crippen LogP contribution < -0.4 is 0 Å². The van der Waals surface area contributed by atoms with Gasteiger partial charge in [-0.05, 0) is 26.3 Å². The highest BCUT2D eigenvalue weighted by Gasteiger charge is 2.33. The summed E-state index contributed by atoms with van der Waals surface area (Å²) in [6.07, 6.45) is 1.92. The van der Waals surface area contributed by atoms with Gasteiger partial charge in [-0.3, -0.25) is 4.90 Å². The number of hydrogen-bond donors (Lipinski definition) is 0. The minimum atomic E-state index is -0.498. The largest absolute Gasteiger partial charge is 0.464 e. The van der Waals surface area contributed by atoms with E-state index in [1.807, 2.05) is 30.3 Å². The number of aromatic nitrogens is 3. The summed E-state index contributed by atoms with van der Waals surface area (Å²) in [6.45, 7) is 3.16. The topological polar surface area (TPSA) is 94.5 Å². The number of benzene rings is 1. The van der Waals surface area contributed by atoms with Crippen LogP contribution in [0.3, 0.4) is 0 Å². The van der Waals surface area contributed by atoms with Crippen LogP contribution in [0.25, 0.3) is 11.4 Å². The highest BCUT2D eigenvalue weighted by Crippen LogP contribution is 2.34. The smallest absolute Gasteiger partial charge is 0.360 e. The van der Waals surface area contributed by atoms with E-state index in [0.29, 0.717) is 24.0 Å². The van der Waals surface area contributed by atoms with Gasteiger partial charge in [0, 0.05) is 17.7 Å². The summed E-state index contributed by atoms with van der Waals surface area (Å²) < 4.78 is 15.5. The van der Waals surface area contributed by atoms with E-state index in [1.54, 1.807) is 6.92 Å². The highest BCUT2D eigenvalue weighted by atomic mass is 16.5. The summed E-state index contributed by atoms with van der Waals surface area (Å²) in [6, 6.07) is 9.72. The lowest BCUT2D eigenvalue weighted by Crippen LogP contribution is -2.24. The van der Waals surface area contributed by atoms with E-state index in [1.165, 1.54) is 7.11 Å². The number of nitrogens with zero attached hydrogens (tertiary/aromatic N) is 4. The van der Waals surface area contributed by atoms with Crippen LogP contribution in [0.1, 0.15) is 46.6 Å². The number of ether oxygens (including phenoxy) is 1. The molecule has 0 N–H and O–H groups in total. The highest BCUT2D eigenvalue weighted by molar-refractivity contribution is 5.88. The van der Waals surface area contributed by atoms with E-state index >= 15 is 0 Å². The van der Waals surface area contributed by atoms with Gasteiger partial charge in [0.15, 0.2) is 5.69 Å². The monoisotopic (exact) mass is 368 g/mol. The molecule has 1 saturated heterocycles. The zero-order valence-electron chi connectivity index (χ0n) is 15.2. The van der Waals surface area contributed by atoms with Gasteiger partial charge >= 0.3 is 5.97 Å². The van der Waals surface area contributed by atoms with Gasteiger partial charge in [0.05, 0.1) is 13.2 Å². The summed E-state index contributed by atoms with van der Waals surface area (Å²) >= 11 is 0. The Bertz CT molecular complexity index is 934. The van der Waals surface area contributed by atoms with Crippen molar-refractivity contribution in [3.63, 3.8) is 0 Å². The normalized spacial score (nSPS) is 17.3. The summed E-state index contributed by atoms with van der Waals surface area (Å²) in [5.74, 6) is 1.27. The molecule has 0 bridgehead atoms. The van der Waals surface area contributed by atoms with Crippen LogP contribution >= 0.6 is 0 Å². The van der Waals surface area contributed by atoms with E-state index in [0.717, 1.165) is 30.5 Å². The van der Waals surface area contributed by atoms with Gasteiger partial charge in [-0.1, -0.05) is 40.6 Å². The zero-order valence-corrected chi connectivity index (χ0v) is 15.2. The fourth-order valence-corrected chi connectivity index (χ4v) is 3.41. The predicted octanol–water partition coefficient (Wildman–Crippen LogP) is 3.16. The molecule has 1 aliphatic rings. The molecule has 0 radical (unpaired) electrons. The molecule has 0 aliphatic carbocycles. The fourth-order valence-electron chi connectivity index (χ4n) is 3.41. The Labute approximate surface area is 156 Å². The number of carbonyl (C=O) groups excluding carboxylic acids is 1. The van der Waals surface area contributed by atoms with E-state index in [2.05, 4.69) is 20.2 Å². The molecule has 2 aromatic heterocycles. The third-order valence-corrected chi connectivity index (χ3v) is 4.85. The first-order valence-corrected chi connectivity index (χ1v) is 8.84. The minimum Gasteiger partial charge on any atom is -0.464 e. The molecular weight excluding hydrogens is 348 g/mol. The second-order valence-corrected chi connectivity index (χ2v) is 6.51. The van der Waals surface area contributed by atoms with Crippen molar-refractivity contribution >= 4 is 5.97 Å². The van der Waals surface area contributed by atoms with Crippen molar-refractivity contribution in [1.82, 2.24) is 20.2 Å². The van der Waals surface area contributed by atoms with Crippen LogP contribution in [-0.4, -0.2) is 39.8 Å². The van der Waals surface area contributed by atoms with Gasteiger partial charge in [0.1, 0.15) is 5.76 Å². The summed E-state index contributed by atoms with van der Waals surface area (Å²) in [7, 11) is 1.33. The van der Waals surface area contributed by atoms with Crippen LogP contribution in [0.2, 0.25) is 0 Å². The molecule has 0 spiro atoms. The molecule has 1 atom stereocenters. The van der Waals surface area contributed by atoms with Gasteiger partial charge in [0.25, 0.3) is 0 Å². The standard InChI is InChI=1S/C19H20N4O4/c1-12-14(16(21-26-12)19(24)25-2)11-23-10-6-9-15(23)18-20-17(22-27-18)13-7-4-3-5-8-13/h3-5,7-8,15H,6,9-11H2,1-2H3/t15-/m1/s1. The van der Waals surface area contributed by atoms with Gasteiger partial charge < -0.3 is 13.8 Å². The summed E-state index contributed by atoms with van der Waals surface area (Å²) in [5, 5.41) is 7.96. The van der Waals surface area contributed by atoms with E-state index in [-0.39, 0.29) is 11.7 Å². The van der Waals surface area contributed by atoms with Crippen molar-refractivity contribution in [1.29, 1.82) is 0 Å². The van der Waals surface area contributed by atoms with Crippen LogP contribution in [0, 0.1) is 6.92 Å². The number of likely N-dealkylation sites (tertiary alicyclic amines) is 1. The molecule has 1 fully saturated rings. The maximum Gasteiger partial charge on any atom is 0.360 e. The Hall–Kier alpha value is -3.00. The van der Waals surface area contributed by atoms with Crippen molar-refractivity contribution in [2.24, 2.45) is 0 Å². The lowest BCUT2D eigenvalue weighted by Gasteiger charge is -2.21. The van der Waals surface area contributed by atoms with Crippen molar-refractivity contribution < 1.29 is 18.6 Å². The number of aryl methyl sites for hydroxylation is 1. The van der Waals surface area contributed by atoms with Gasteiger partial charge in [-0.25, -0.2) is 4.79 Å². The van der Waals surface area contributed by atoms with Crippen LogP contribution in [-0.2, 0) is 11.3 Å². The molecule has 8 nitrogen and oxygen atoms in total. The molecule has 0 saturated carbocycles. The molecule has 27 heavy (non-hydrogen) atoms. The maximum absolute atomic E-state index is 11.9. The van der Waals surface area contributed by atoms with Crippen molar-refractivity contribution in [3.8, 4) is 11.4 Å². The first-order valence-electron chi connectivity index (χ1n) is 8.84. The number of esters is 1. The Morgan fingerprint density at radius 1 is 1.26 bits per heavy atom. The average Bonchev–Trinajstić information content (AvgIpc) is 3.43. The Morgan fingerprint density at radius 2 is 2.07 bits per heavy atom. The summed E-state index contributed by atoms with van der Waals surface area (Å²) in [5.41, 5.74) is 1.87. The molecule has 1 aromatic carbocycles. The molecule has 0 amide bonds. The van der Waals surface area contributed by atoms with Gasteiger partial charge in [0.2, 0.25) is 11.7 Å². The fraction of sp³-hybridized carbons (Fsp3) is 0.368. The number of hydrogen-bond acceptors (Lipinski definition) is 8. The molecule has 4 rings (SSSR count). The van der Waals surface area contributed by atoms with E-state index in [9.17, 15) is 4.79 Å². The average molecular weight is 368 g/mol. The van der Waals surface area contributed by atoms with Crippen LogP contribution in [0.5, 0.6) is 0 Å². The molecule has 1 aliphatic heterocycles. The van der Waals surface area contributed by atoms with Gasteiger partial charge in [-0.2, -0.15) is 4.98 Å². The zero-order chi connectivity index (χ0) is 18.8. The Morgan fingerprint density at radius 3 is 2.85 bits per heavy atom. The molecule has 3 heterocycles. The van der Waals surface area contributed by atoms with Crippen molar-refractivity contribution in [2.45, 2.75) is 32.4 Å². The number of methoxy groups -OCH3 is 1. The Balaban J connectivity index is 1.57. The first-order chi connectivity index (χ1) is 13.2. The number of rotatable bonds is 5. The lowest BCUT2D eigenvalue weighted by atomic mass is 10.1. The SMILES string of the molecule is COC(=O)c1noc(C)c1CN1CCC[C@@H]1c1nc(-c2ccccc2)no1. The minimum absolute atomic E-state index is 0.00485. The van der Waals surface area contributed by atoms with Crippen molar-refractivity contribution in [2.75, 3.05) is 13.7 Å². The van der Waals surface area contributed by atoms with Crippen molar-refractivity contribution in [3.05, 3.63) is 53.2 Å². The molecule has 3 aromatic rings. The first kappa shape index (κ1) is 17.4. The molecule has 0 unspecified atom stereocenters. The molecule has 140 valence electrons. The molecular formula is C19H20N4O4. The van der Waals surface area contributed by atoms with Crippen LogP contribution in [0.15, 0.2) is 39.4 Å². The molecule has 8 heteroatoms. The predicted molar refractivity (Wildman–Crippen MR) is 94.7 cm³/mol. The van der Waals surface area contributed by atoms with Crippen LogP contribution in [0.4, 0.5) is 0 Å². The lowest BCUT2D eigenvalue weighted by molar-refractivity contribution is 0.0586.